The van der Waals surface area contributed by atoms with Crippen molar-refractivity contribution in [3.63, 3.8) is 0 Å². The van der Waals surface area contributed by atoms with Crippen LogP contribution in [0.25, 0.3) is 0 Å². The van der Waals surface area contributed by atoms with Crippen molar-refractivity contribution in [2.75, 3.05) is 18.1 Å². The van der Waals surface area contributed by atoms with E-state index in [1.807, 2.05) is 0 Å². The summed E-state index contributed by atoms with van der Waals surface area (Å²) in [6.07, 6.45) is 3.80. The van der Waals surface area contributed by atoms with Gasteiger partial charge in [0.1, 0.15) is 0 Å². The third-order valence-electron chi connectivity index (χ3n) is 4.13. The molecule has 0 amide bonds. The number of hydrogen-bond donors (Lipinski definition) is 1. The minimum atomic E-state index is 0.662. The monoisotopic (exact) mass is 277 g/mol. The van der Waals surface area contributed by atoms with Gasteiger partial charge in [-0.25, -0.2) is 0 Å². The molecule has 0 aliphatic carbocycles. The van der Waals surface area contributed by atoms with Crippen LogP contribution in [-0.2, 0) is 6.42 Å². The van der Waals surface area contributed by atoms with Crippen LogP contribution in [0.5, 0.6) is 0 Å². The molecule has 0 saturated carbocycles. The molecule has 0 spiro atoms. The SMILES string of the molecule is CCCNC(Cc1cc(C)ccc1C)C1CCSC1. The van der Waals surface area contributed by atoms with Gasteiger partial charge in [-0.3, -0.25) is 0 Å². The van der Waals surface area contributed by atoms with Crippen molar-refractivity contribution in [1.82, 2.24) is 5.32 Å². The molecular formula is C17H27NS. The number of hydrogen-bond acceptors (Lipinski definition) is 2. The van der Waals surface area contributed by atoms with E-state index >= 15 is 0 Å². The quantitative estimate of drug-likeness (QED) is 0.844. The van der Waals surface area contributed by atoms with Gasteiger partial charge in [-0.2, -0.15) is 11.8 Å². The molecule has 2 rings (SSSR count). The van der Waals surface area contributed by atoms with E-state index in [1.165, 1.54) is 47.5 Å². The smallest absolute Gasteiger partial charge is 0.0144 e. The number of rotatable bonds is 6. The van der Waals surface area contributed by atoms with Crippen LogP contribution in [0.1, 0.15) is 36.5 Å². The molecule has 1 N–H and O–H groups in total. The summed E-state index contributed by atoms with van der Waals surface area (Å²) < 4.78 is 0. The fraction of sp³-hybridized carbons (Fsp3) is 0.647. The van der Waals surface area contributed by atoms with E-state index in [2.05, 4.69) is 56.0 Å². The molecule has 2 heteroatoms. The third kappa shape index (κ3) is 4.25. The molecule has 1 aromatic rings. The van der Waals surface area contributed by atoms with E-state index in [-0.39, 0.29) is 0 Å². The Hall–Kier alpha value is -0.470. The summed E-state index contributed by atoms with van der Waals surface area (Å²) in [5.74, 6) is 3.55. The lowest BCUT2D eigenvalue weighted by Crippen LogP contribution is -2.38. The number of nitrogens with one attached hydrogen (secondary N) is 1. The first-order valence-electron chi connectivity index (χ1n) is 7.58. The molecule has 106 valence electrons. The molecule has 1 aromatic carbocycles. The van der Waals surface area contributed by atoms with Gasteiger partial charge < -0.3 is 5.32 Å². The van der Waals surface area contributed by atoms with Crippen LogP contribution < -0.4 is 5.32 Å². The number of thioether (sulfide) groups is 1. The summed E-state index contributed by atoms with van der Waals surface area (Å²) in [6.45, 7) is 7.85. The highest BCUT2D eigenvalue weighted by Gasteiger charge is 2.25. The first-order valence-corrected chi connectivity index (χ1v) is 8.73. The number of benzene rings is 1. The van der Waals surface area contributed by atoms with Crippen LogP contribution in [-0.4, -0.2) is 24.1 Å². The molecule has 1 nitrogen and oxygen atoms in total. The van der Waals surface area contributed by atoms with Crippen molar-refractivity contribution >= 4 is 11.8 Å². The van der Waals surface area contributed by atoms with Crippen molar-refractivity contribution in [2.45, 2.75) is 46.1 Å². The molecule has 0 bridgehead atoms. The van der Waals surface area contributed by atoms with Gasteiger partial charge in [-0.15, -0.1) is 0 Å². The average Bonchev–Trinajstić information content (AvgIpc) is 2.92. The maximum Gasteiger partial charge on any atom is 0.0144 e. The topological polar surface area (TPSA) is 12.0 Å². The Labute approximate surface area is 122 Å². The van der Waals surface area contributed by atoms with Crippen LogP contribution >= 0.6 is 11.8 Å². The maximum absolute atomic E-state index is 3.79. The summed E-state index contributed by atoms with van der Waals surface area (Å²) in [5.41, 5.74) is 4.36. The molecule has 1 aliphatic heterocycles. The van der Waals surface area contributed by atoms with Crippen LogP contribution in [0.3, 0.4) is 0 Å². The molecule has 0 aromatic heterocycles. The molecular weight excluding hydrogens is 250 g/mol. The molecule has 0 radical (unpaired) electrons. The van der Waals surface area contributed by atoms with Crippen molar-refractivity contribution in [2.24, 2.45) is 5.92 Å². The van der Waals surface area contributed by atoms with Crippen LogP contribution in [0.2, 0.25) is 0 Å². The average molecular weight is 277 g/mol. The number of aryl methyl sites for hydroxylation is 2. The normalized spacial score (nSPS) is 20.7. The second kappa shape index (κ2) is 7.35. The van der Waals surface area contributed by atoms with Gasteiger partial charge in [-0.1, -0.05) is 30.7 Å². The van der Waals surface area contributed by atoms with Crippen molar-refractivity contribution < 1.29 is 0 Å². The van der Waals surface area contributed by atoms with Gasteiger partial charge in [0.15, 0.2) is 0 Å². The van der Waals surface area contributed by atoms with E-state index in [1.54, 1.807) is 0 Å². The Morgan fingerprint density at radius 3 is 2.89 bits per heavy atom. The van der Waals surface area contributed by atoms with E-state index in [9.17, 15) is 0 Å². The zero-order valence-electron chi connectivity index (χ0n) is 12.5. The van der Waals surface area contributed by atoms with Gasteiger partial charge in [-0.05, 0) is 68.2 Å². The zero-order chi connectivity index (χ0) is 13.7. The highest BCUT2D eigenvalue weighted by Crippen LogP contribution is 2.28. The standard InChI is InChI=1S/C17H27NS/c1-4-8-18-17(15-7-9-19-12-15)11-16-10-13(2)5-6-14(16)3/h5-6,10,15,17-18H,4,7-9,11-12H2,1-3H3. The maximum atomic E-state index is 3.79. The Kier molecular flexibility index (Phi) is 5.77. The summed E-state index contributed by atoms with van der Waals surface area (Å²) >= 11 is 2.12. The predicted octanol–water partition coefficient (Wildman–Crippen LogP) is 3.97. The molecule has 2 atom stereocenters. The van der Waals surface area contributed by atoms with Gasteiger partial charge in [0.05, 0.1) is 0 Å². The minimum Gasteiger partial charge on any atom is -0.313 e. The summed E-state index contributed by atoms with van der Waals surface area (Å²) in [6, 6.07) is 7.53. The summed E-state index contributed by atoms with van der Waals surface area (Å²) in [5, 5.41) is 3.79. The lowest BCUT2D eigenvalue weighted by molar-refractivity contribution is 0.379. The lowest BCUT2D eigenvalue weighted by atomic mass is 9.90. The Bertz CT molecular complexity index is 396. The zero-order valence-corrected chi connectivity index (χ0v) is 13.4. The highest BCUT2D eigenvalue weighted by atomic mass is 32.2. The molecule has 1 heterocycles. The fourth-order valence-corrected chi connectivity index (χ4v) is 4.20. The Morgan fingerprint density at radius 1 is 1.37 bits per heavy atom. The summed E-state index contributed by atoms with van der Waals surface area (Å²) in [4.78, 5) is 0. The van der Waals surface area contributed by atoms with Crippen molar-refractivity contribution in [1.29, 1.82) is 0 Å². The molecule has 1 saturated heterocycles. The highest BCUT2D eigenvalue weighted by molar-refractivity contribution is 7.99. The van der Waals surface area contributed by atoms with Gasteiger partial charge in [0.2, 0.25) is 0 Å². The second-order valence-corrected chi connectivity index (χ2v) is 6.97. The molecule has 2 unspecified atom stereocenters. The van der Waals surface area contributed by atoms with Gasteiger partial charge >= 0.3 is 0 Å². The van der Waals surface area contributed by atoms with E-state index in [4.69, 9.17) is 0 Å². The van der Waals surface area contributed by atoms with Crippen molar-refractivity contribution in [3.05, 3.63) is 34.9 Å². The lowest BCUT2D eigenvalue weighted by Gasteiger charge is -2.25. The summed E-state index contributed by atoms with van der Waals surface area (Å²) in [7, 11) is 0. The van der Waals surface area contributed by atoms with E-state index in [0.29, 0.717) is 6.04 Å². The van der Waals surface area contributed by atoms with E-state index < -0.39 is 0 Å². The third-order valence-corrected chi connectivity index (χ3v) is 5.32. The second-order valence-electron chi connectivity index (χ2n) is 5.82. The first-order chi connectivity index (χ1) is 9.20. The minimum absolute atomic E-state index is 0.662. The molecule has 19 heavy (non-hydrogen) atoms. The first kappa shape index (κ1) is 14.9. The Balaban J connectivity index is 2.07. The van der Waals surface area contributed by atoms with E-state index in [0.717, 1.165) is 12.5 Å². The van der Waals surface area contributed by atoms with Crippen LogP contribution in [0, 0.1) is 19.8 Å². The predicted molar refractivity (Wildman–Crippen MR) is 87.1 cm³/mol. The molecule has 1 aliphatic rings. The van der Waals surface area contributed by atoms with Crippen LogP contribution in [0.15, 0.2) is 18.2 Å². The van der Waals surface area contributed by atoms with Crippen LogP contribution in [0.4, 0.5) is 0 Å². The van der Waals surface area contributed by atoms with Gasteiger partial charge in [0.25, 0.3) is 0 Å². The van der Waals surface area contributed by atoms with Crippen molar-refractivity contribution in [3.8, 4) is 0 Å². The fourth-order valence-electron chi connectivity index (χ4n) is 2.86. The Morgan fingerprint density at radius 2 is 2.21 bits per heavy atom. The molecule has 1 fully saturated rings. The van der Waals surface area contributed by atoms with Gasteiger partial charge in [0, 0.05) is 6.04 Å². The largest absolute Gasteiger partial charge is 0.313 e.